The van der Waals surface area contributed by atoms with Gasteiger partial charge in [-0.3, -0.25) is 4.79 Å². The lowest BCUT2D eigenvalue weighted by Gasteiger charge is -2.29. The first-order chi connectivity index (χ1) is 6.93. The van der Waals surface area contributed by atoms with Gasteiger partial charge in [-0.05, 0) is 12.8 Å². The number of unbranched alkanes of at least 4 members (excludes halogenated alkanes) is 1. The van der Waals surface area contributed by atoms with E-state index in [-0.39, 0.29) is 17.9 Å². The van der Waals surface area contributed by atoms with Crippen LogP contribution in [0.4, 0.5) is 0 Å². The summed E-state index contributed by atoms with van der Waals surface area (Å²) in [6.07, 6.45) is 2.80. The zero-order chi connectivity index (χ0) is 11.9. The highest BCUT2D eigenvalue weighted by Crippen LogP contribution is 2.17. The minimum Gasteiger partial charge on any atom is -0.396 e. The molecule has 0 aliphatic heterocycles. The highest BCUT2D eigenvalue weighted by Gasteiger charge is 2.26. The van der Waals surface area contributed by atoms with Gasteiger partial charge in [0.15, 0.2) is 0 Å². The summed E-state index contributed by atoms with van der Waals surface area (Å²) in [6.45, 7) is 9.57. The first-order valence-corrected chi connectivity index (χ1v) is 5.83. The number of hydrogen-bond acceptors (Lipinski definition) is 2. The fourth-order valence-corrected chi connectivity index (χ4v) is 1.40. The molecule has 0 saturated carbocycles. The van der Waals surface area contributed by atoms with Crippen LogP contribution in [0, 0.1) is 5.41 Å². The van der Waals surface area contributed by atoms with Gasteiger partial charge >= 0.3 is 0 Å². The number of carbonyl (C=O) groups is 1. The second-order valence-corrected chi connectivity index (χ2v) is 4.97. The number of aliphatic hydroxyl groups is 1. The average Bonchev–Trinajstić information content (AvgIpc) is 2.16. The first kappa shape index (κ1) is 14.4. The van der Waals surface area contributed by atoms with Crippen LogP contribution in [0.3, 0.4) is 0 Å². The van der Waals surface area contributed by atoms with E-state index in [1.807, 2.05) is 25.7 Å². The Bertz CT molecular complexity index is 177. The number of nitrogens with zero attached hydrogens (tertiary/aromatic N) is 1. The number of aliphatic hydroxyl groups excluding tert-OH is 1. The van der Waals surface area contributed by atoms with Gasteiger partial charge < -0.3 is 10.0 Å². The van der Waals surface area contributed by atoms with E-state index in [2.05, 4.69) is 6.92 Å². The molecule has 0 atom stereocenters. The van der Waals surface area contributed by atoms with Gasteiger partial charge in [-0.1, -0.05) is 34.1 Å². The summed E-state index contributed by atoms with van der Waals surface area (Å²) in [6, 6.07) is 0. The van der Waals surface area contributed by atoms with E-state index >= 15 is 0 Å². The third-order valence-electron chi connectivity index (χ3n) is 2.30. The normalized spacial score (nSPS) is 11.5. The van der Waals surface area contributed by atoms with Gasteiger partial charge in [0, 0.05) is 25.1 Å². The highest BCUT2D eigenvalue weighted by molar-refractivity contribution is 5.81. The molecule has 0 aromatic carbocycles. The molecule has 0 aliphatic rings. The fraction of sp³-hybridized carbons (Fsp3) is 0.917. The largest absolute Gasteiger partial charge is 0.396 e. The Balaban J connectivity index is 4.27. The predicted octanol–water partition coefficient (Wildman–Crippen LogP) is 2.04. The van der Waals surface area contributed by atoms with Crippen molar-refractivity contribution in [3.05, 3.63) is 0 Å². The third kappa shape index (κ3) is 5.78. The van der Waals surface area contributed by atoms with Crippen LogP contribution < -0.4 is 0 Å². The second-order valence-electron chi connectivity index (χ2n) is 4.97. The number of hydrogen-bond donors (Lipinski definition) is 1. The lowest BCUT2D eigenvalue weighted by atomic mass is 9.94. The molecule has 0 saturated heterocycles. The quantitative estimate of drug-likeness (QED) is 0.736. The Kier molecular flexibility index (Phi) is 6.57. The first-order valence-electron chi connectivity index (χ1n) is 5.83. The van der Waals surface area contributed by atoms with E-state index in [1.165, 1.54) is 0 Å². The van der Waals surface area contributed by atoms with Crippen LogP contribution in [0.15, 0.2) is 0 Å². The van der Waals surface area contributed by atoms with Crippen LogP contribution in [-0.2, 0) is 4.79 Å². The second kappa shape index (κ2) is 6.83. The van der Waals surface area contributed by atoms with Crippen LogP contribution in [-0.4, -0.2) is 35.6 Å². The summed E-state index contributed by atoms with van der Waals surface area (Å²) < 4.78 is 0. The van der Waals surface area contributed by atoms with Gasteiger partial charge in [0.25, 0.3) is 0 Å². The molecule has 3 heteroatoms. The minimum absolute atomic E-state index is 0.153. The zero-order valence-corrected chi connectivity index (χ0v) is 10.5. The smallest absolute Gasteiger partial charge is 0.227 e. The molecular weight excluding hydrogens is 190 g/mol. The maximum absolute atomic E-state index is 12.0. The molecule has 0 bridgehead atoms. The Labute approximate surface area is 93.5 Å². The monoisotopic (exact) mass is 215 g/mol. The van der Waals surface area contributed by atoms with Crippen LogP contribution >= 0.6 is 0 Å². The van der Waals surface area contributed by atoms with E-state index < -0.39 is 0 Å². The van der Waals surface area contributed by atoms with Crippen molar-refractivity contribution < 1.29 is 9.90 Å². The molecule has 0 spiro atoms. The summed E-state index contributed by atoms with van der Waals surface area (Å²) in [4.78, 5) is 13.9. The number of carbonyl (C=O) groups excluding carboxylic acids is 1. The van der Waals surface area contributed by atoms with Crippen LogP contribution in [0.1, 0.15) is 47.0 Å². The topological polar surface area (TPSA) is 40.5 Å². The summed E-state index contributed by atoms with van der Waals surface area (Å²) >= 11 is 0. The molecule has 1 N–H and O–H groups in total. The van der Waals surface area contributed by atoms with Gasteiger partial charge in [0.1, 0.15) is 0 Å². The molecular formula is C12H25NO2. The highest BCUT2D eigenvalue weighted by atomic mass is 16.3. The summed E-state index contributed by atoms with van der Waals surface area (Å²) in [7, 11) is 0. The zero-order valence-electron chi connectivity index (χ0n) is 10.5. The van der Waals surface area contributed by atoms with Gasteiger partial charge in [-0.25, -0.2) is 0 Å². The molecule has 0 radical (unpaired) electrons. The van der Waals surface area contributed by atoms with Gasteiger partial charge in [0.2, 0.25) is 5.91 Å². The lowest BCUT2D eigenvalue weighted by molar-refractivity contribution is -0.139. The molecule has 0 aromatic heterocycles. The summed E-state index contributed by atoms with van der Waals surface area (Å²) in [5, 5.41) is 8.79. The molecule has 0 aromatic rings. The maximum Gasteiger partial charge on any atom is 0.227 e. The van der Waals surface area contributed by atoms with Crippen molar-refractivity contribution in [2.75, 3.05) is 19.7 Å². The van der Waals surface area contributed by atoms with Crippen molar-refractivity contribution in [1.29, 1.82) is 0 Å². The third-order valence-corrected chi connectivity index (χ3v) is 2.30. The average molecular weight is 215 g/mol. The molecule has 3 nitrogen and oxygen atoms in total. The Morgan fingerprint density at radius 2 is 1.73 bits per heavy atom. The Morgan fingerprint density at radius 3 is 2.13 bits per heavy atom. The van der Waals surface area contributed by atoms with Crippen molar-refractivity contribution >= 4 is 5.91 Å². The van der Waals surface area contributed by atoms with Crippen molar-refractivity contribution in [3.8, 4) is 0 Å². The van der Waals surface area contributed by atoms with Gasteiger partial charge in [-0.15, -0.1) is 0 Å². The van der Waals surface area contributed by atoms with Crippen LogP contribution in [0.2, 0.25) is 0 Å². The van der Waals surface area contributed by atoms with Gasteiger partial charge in [-0.2, -0.15) is 0 Å². The predicted molar refractivity (Wildman–Crippen MR) is 62.6 cm³/mol. The maximum atomic E-state index is 12.0. The lowest BCUT2D eigenvalue weighted by Crippen LogP contribution is -2.40. The SMILES string of the molecule is CCCCN(CCCO)C(=O)C(C)(C)C. The molecule has 90 valence electrons. The Morgan fingerprint density at radius 1 is 1.20 bits per heavy atom. The van der Waals surface area contributed by atoms with Crippen molar-refractivity contribution in [1.82, 2.24) is 4.90 Å². The van der Waals surface area contributed by atoms with Gasteiger partial charge in [0.05, 0.1) is 0 Å². The van der Waals surface area contributed by atoms with Crippen LogP contribution in [0.25, 0.3) is 0 Å². The number of rotatable bonds is 6. The van der Waals surface area contributed by atoms with E-state index in [4.69, 9.17) is 5.11 Å². The van der Waals surface area contributed by atoms with E-state index in [0.29, 0.717) is 13.0 Å². The Hall–Kier alpha value is -0.570. The minimum atomic E-state index is -0.316. The molecule has 0 aliphatic carbocycles. The van der Waals surface area contributed by atoms with Crippen molar-refractivity contribution in [2.45, 2.75) is 47.0 Å². The van der Waals surface area contributed by atoms with E-state index in [9.17, 15) is 4.79 Å². The standard InChI is InChI=1S/C12H25NO2/c1-5-6-8-13(9-7-10-14)11(15)12(2,3)4/h14H,5-10H2,1-4H3. The number of amides is 1. The van der Waals surface area contributed by atoms with Crippen molar-refractivity contribution in [2.24, 2.45) is 5.41 Å². The van der Waals surface area contributed by atoms with E-state index in [0.717, 1.165) is 19.4 Å². The molecule has 1 amide bonds. The van der Waals surface area contributed by atoms with E-state index in [1.54, 1.807) is 0 Å². The summed E-state index contributed by atoms with van der Waals surface area (Å²) in [5.41, 5.74) is -0.316. The summed E-state index contributed by atoms with van der Waals surface area (Å²) in [5.74, 6) is 0.185. The van der Waals surface area contributed by atoms with Crippen LogP contribution in [0.5, 0.6) is 0 Å². The molecule has 0 unspecified atom stereocenters. The van der Waals surface area contributed by atoms with Crippen molar-refractivity contribution in [3.63, 3.8) is 0 Å². The fourth-order valence-electron chi connectivity index (χ4n) is 1.40. The molecule has 0 rings (SSSR count). The molecule has 0 fully saturated rings. The molecule has 0 heterocycles. The molecule has 15 heavy (non-hydrogen) atoms.